The van der Waals surface area contributed by atoms with Crippen LogP contribution in [-0.2, 0) is 19.6 Å². The van der Waals surface area contributed by atoms with E-state index in [-0.39, 0.29) is 17.9 Å². The molecule has 0 unspecified atom stereocenters. The van der Waals surface area contributed by atoms with Gasteiger partial charge in [0.25, 0.3) is 0 Å². The maximum Gasteiger partial charge on any atom is 0.321 e. The molecule has 0 spiro atoms. The zero-order chi connectivity index (χ0) is 16.2. The number of nitrogens with two attached hydrogens (primary N) is 1. The Morgan fingerprint density at radius 1 is 1.43 bits per heavy atom. The predicted molar refractivity (Wildman–Crippen MR) is 71.6 cm³/mol. The first kappa shape index (κ1) is 17.3. The molecule has 0 bridgehead atoms. The van der Waals surface area contributed by atoms with Gasteiger partial charge >= 0.3 is 5.97 Å². The Bertz CT molecular complexity index is 665. The van der Waals surface area contributed by atoms with Crippen molar-refractivity contribution in [3.05, 3.63) is 29.0 Å². The fourth-order valence-electron chi connectivity index (χ4n) is 1.46. The minimum Gasteiger partial charge on any atom is -0.480 e. The van der Waals surface area contributed by atoms with E-state index in [4.69, 9.17) is 22.4 Å². The summed E-state index contributed by atoms with van der Waals surface area (Å²) in [6.07, 6.45) is -0.626. The molecule has 1 rings (SSSR count). The molecular formula is C11H12ClFN2O5S. The first-order valence-corrected chi connectivity index (χ1v) is 7.48. The Balaban J connectivity index is 3.00. The van der Waals surface area contributed by atoms with E-state index in [2.05, 4.69) is 0 Å². The smallest absolute Gasteiger partial charge is 0.321 e. The molecule has 0 aliphatic heterocycles. The van der Waals surface area contributed by atoms with Crippen molar-refractivity contribution in [1.29, 1.82) is 0 Å². The number of carboxylic acids is 1. The van der Waals surface area contributed by atoms with Crippen molar-refractivity contribution in [2.75, 3.05) is 0 Å². The third kappa shape index (κ3) is 4.96. The molecule has 116 valence electrons. The van der Waals surface area contributed by atoms with Crippen LogP contribution < -0.4 is 10.5 Å². The number of hydrogen-bond donors (Lipinski definition) is 3. The van der Waals surface area contributed by atoms with Crippen LogP contribution >= 0.6 is 11.6 Å². The van der Waals surface area contributed by atoms with E-state index in [9.17, 15) is 22.4 Å². The van der Waals surface area contributed by atoms with Crippen LogP contribution in [0.15, 0.2) is 23.1 Å². The second-order valence-corrected chi connectivity index (χ2v) is 6.18. The molecule has 7 nitrogen and oxygen atoms in total. The Morgan fingerprint density at radius 3 is 2.52 bits per heavy atom. The number of amides is 1. The summed E-state index contributed by atoms with van der Waals surface area (Å²) in [5, 5.41) is 8.55. The normalized spacial score (nSPS) is 12.9. The molecule has 0 saturated heterocycles. The highest BCUT2D eigenvalue weighted by Gasteiger charge is 2.27. The average Bonchev–Trinajstić information content (AvgIpc) is 2.33. The first-order valence-electron chi connectivity index (χ1n) is 5.62. The number of aliphatic carboxylic acids is 1. The number of benzene rings is 1. The molecular weight excluding hydrogens is 327 g/mol. The second kappa shape index (κ2) is 6.83. The van der Waals surface area contributed by atoms with Crippen LogP contribution in [0, 0.1) is 5.82 Å². The zero-order valence-corrected chi connectivity index (χ0v) is 12.1. The molecule has 0 aliphatic rings. The van der Waals surface area contributed by atoms with Crippen molar-refractivity contribution in [1.82, 2.24) is 4.72 Å². The van der Waals surface area contributed by atoms with Crippen molar-refractivity contribution in [2.45, 2.75) is 23.8 Å². The van der Waals surface area contributed by atoms with Crippen LogP contribution in [0.3, 0.4) is 0 Å². The van der Waals surface area contributed by atoms with Crippen LogP contribution in [0.4, 0.5) is 4.39 Å². The van der Waals surface area contributed by atoms with Gasteiger partial charge in [-0.2, -0.15) is 4.72 Å². The lowest BCUT2D eigenvalue weighted by Crippen LogP contribution is -2.41. The third-order valence-electron chi connectivity index (χ3n) is 2.46. The number of rotatable bonds is 7. The maximum atomic E-state index is 12.9. The van der Waals surface area contributed by atoms with Crippen molar-refractivity contribution in [2.24, 2.45) is 5.73 Å². The molecule has 1 aromatic carbocycles. The van der Waals surface area contributed by atoms with Crippen molar-refractivity contribution in [3.63, 3.8) is 0 Å². The lowest BCUT2D eigenvalue weighted by atomic mass is 10.2. The third-order valence-corrected chi connectivity index (χ3v) is 4.41. The summed E-state index contributed by atoms with van der Waals surface area (Å²) < 4.78 is 38.8. The molecule has 0 radical (unpaired) electrons. The maximum absolute atomic E-state index is 12.9. The Morgan fingerprint density at radius 2 is 2.05 bits per heavy atom. The summed E-state index contributed by atoms with van der Waals surface area (Å²) in [5.74, 6) is -2.97. The standard InChI is InChI=1S/C11H12ClFN2O5S/c12-7-5-6(13)1-3-9(7)21(19,20)15-8(11(17)18)2-4-10(14)16/h1,3,5,8,15H,2,4H2,(H2,14,16)(H,17,18)/t8-/m0/s1. The Kier molecular flexibility index (Phi) is 5.64. The van der Waals surface area contributed by atoms with E-state index in [0.29, 0.717) is 0 Å². The molecule has 0 saturated carbocycles. The van der Waals surface area contributed by atoms with Gasteiger partial charge in [-0.1, -0.05) is 11.6 Å². The van der Waals surface area contributed by atoms with Gasteiger partial charge in [0.15, 0.2) is 0 Å². The topological polar surface area (TPSA) is 127 Å². The molecule has 1 amide bonds. The SMILES string of the molecule is NC(=O)CC[C@H](NS(=O)(=O)c1ccc(F)cc1Cl)C(=O)O. The molecule has 0 heterocycles. The highest BCUT2D eigenvalue weighted by molar-refractivity contribution is 7.89. The van der Waals surface area contributed by atoms with E-state index < -0.39 is 38.7 Å². The molecule has 1 aromatic rings. The Hall–Kier alpha value is -1.71. The summed E-state index contributed by atoms with van der Waals surface area (Å²) in [6.45, 7) is 0. The highest BCUT2D eigenvalue weighted by atomic mass is 35.5. The van der Waals surface area contributed by atoms with Gasteiger partial charge in [-0.15, -0.1) is 0 Å². The fraction of sp³-hybridized carbons (Fsp3) is 0.273. The number of halogens is 2. The van der Waals surface area contributed by atoms with E-state index >= 15 is 0 Å². The van der Waals surface area contributed by atoms with Crippen molar-refractivity contribution < 1.29 is 27.5 Å². The van der Waals surface area contributed by atoms with Crippen LogP contribution in [0.2, 0.25) is 5.02 Å². The molecule has 0 aliphatic carbocycles. The summed E-state index contributed by atoms with van der Waals surface area (Å²) in [7, 11) is -4.28. The number of sulfonamides is 1. The van der Waals surface area contributed by atoms with Gasteiger partial charge in [0.2, 0.25) is 15.9 Å². The summed E-state index contributed by atoms with van der Waals surface area (Å²) in [6, 6.07) is 1.02. The lowest BCUT2D eigenvalue weighted by molar-refractivity contribution is -0.139. The quantitative estimate of drug-likeness (QED) is 0.666. The Labute approximate surface area is 124 Å². The molecule has 0 aromatic heterocycles. The number of nitrogens with one attached hydrogen (secondary N) is 1. The van der Waals surface area contributed by atoms with E-state index in [1.54, 1.807) is 0 Å². The van der Waals surface area contributed by atoms with Crippen LogP contribution in [0.25, 0.3) is 0 Å². The molecule has 21 heavy (non-hydrogen) atoms. The second-order valence-electron chi connectivity index (χ2n) is 4.09. The first-order chi connectivity index (χ1) is 9.63. The number of carbonyl (C=O) groups excluding carboxylic acids is 1. The number of primary amides is 1. The van der Waals surface area contributed by atoms with Gasteiger partial charge in [-0.25, -0.2) is 12.8 Å². The van der Waals surface area contributed by atoms with Gasteiger partial charge in [0, 0.05) is 6.42 Å². The average molecular weight is 339 g/mol. The van der Waals surface area contributed by atoms with Gasteiger partial charge in [-0.05, 0) is 24.6 Å². The number of carboxylic acid groups (broad SMARTS) is 1. The van der Waals surface area contributed by atoms with Gasteiger partial charge < -0.3 is 10.8 Å². The summed E-state index contributed by atoms with van der Waals surface area (Å²) in [5.41, 5.74) is 4.88. The minimum absolute atomic E-state index is 0.309. The van der Waals surface area contributed by atoms with Crippen LogP contribution in [0.1, 0.15) is 12.8 Å². The lowest BCUT2D eigenvalue weighted by Gasteiger charge is -2.14. The number of hydrogen-bond acceptors (Lipinski definition) is 4. The van der Waals surface area contributed by atoms with Crippen LogP contribution in [-0.4, -0.2) is 31.4 Å². The van der Waals surface area contributed by atoms with Crippen LogP contribution in [0.5, 0.6) is 0 Å². The van der Waals surface area contributed by atoms with Crippen molar-refractivity contribution in [3.8, 4) is 0 Å². The highest BCUT2D eigenvalue weighted by Crippen LogP contribution is 2.22. The van der Waals surface area contributed by atoms with E-state index in [0.717, 1.165) is 18.2 Å². The number of carbonyl (C=O) groups is 2. The molecule has 10 heteroatoms. The summed E-state index contributed by atoms with van der Waals surface area (Å²) in [4.78, 5) is 21.2. The fourth-order valence-corrected chi connectivity index (χ4v) is 3.22. The molecule has 1 atom stereocenters. The monoisotopic (exact) mass is 338 g/mol. The van der Waals surface area contributed by atoms with Gasteiger partial charge in [0.1, 0.15) is 16.8 Å². The summed E-state index contributed by atoms with van der Waals surface area (Å²) >= 11 is 5.62. The van der Waals surface area contributed by atoms with Gasteiger partial charge in [0.05, 0.1) is 5.02 Å². The largest absolute Gasteiger partial charge is 0.480 e. The predicted octanol–water partition coefficient (Wildman–Crippen LogP) is 0.476. The van der Waals surface area contributed by atoms with E-state index in [1.807, 2.05) is 4.72 Å². The molecule has 4 N–H and O–H groups in total. The van der Waals surface area contributed by atoms with E-state index in [1.165, 1.54) is 0 Å². The zero-order valence-electron chi connectivity index (χ0n) is 10.5. The van der Waals surface area contributed by atoms with Gasteiger partial charge in [-0.3, -0.25) is 9.59 Å². The minimum atomic E-state index is -4.28. The molecule has 0 fully saturated rings. The van der Waals surface area contributed by atoms with Crippen molar-refractivity contribution >= 4 is 33.5 Å².